The van der Waals surface area contributed by atoms with Gasteiger partial charge in [-0.1, -0.05) is 18.2 Å². The fourth-order valence-electron chi connectivity index (χ4n) is 3.00. The molecule has 0 aliphatic heterocycles. The maximum atomic E-state index is 14.4. The van der Waals surface area contributed by atoms with Crippen LogP contribution in [-0.2, 0) is 0 Å². The first kappa shape index (κ1) is 19.7. The van der Waals surface area contributed by atoms with Crippen LogP contribution in [0.15, 0.2) is 46.2 Å². The van der Waals surface area contributed by atoms with Gasteiger partial charge in [-0.25, -0.2) is 18.0 Å². The van der Waals surface area contributed by atoms with E-state index in [1.54, 1.807) is 0 Å². The molecule has 0 bridgehead atoms. The molecule has 0 aliphatic rings. The summed E-state index contributed by atoms with van der Waals surface area (Å²) in [5, 5.41) is 13.4. The monoisotopic (exact) mass is 431 g/mol. The van der Waals surface area contributed by atoms with E-state index in [4.69, 9.17) is 4.42 Å². The first-order valence-electron chi connectivity index (χ1n) is 8.57. The Labute approximate surface area is 171 Å². The number of thiophene rings is 1. The number of nitrogens with one attached hydrogen (secondary N) is 1. The van der Waals surface area contributed by atoms with Crippen molar-refractivity contribution in [3.8, 4) is 10.4 Å². The Morgan fingerprint density at radius 3 is 2.57 bits per heavy atom. The molecule has 2 heterocycles. The number of furan rings is 1. The lowest BCUT2D eigenvalue weighted by atomic mass is 10.1. The quantitative estimate of drug-likeness (QED) is 0.426. The molecule has 5 nitrogen and oxygen atoms in total. The molecular formula is C21H12F3NO4S. The molecule has 0 saturated carbocycles. The molecular weight excluding hydrogens is 419 g/mol. The van der Waals surface area contributed by atoms with E-state index < -0.39 is 34.9 Å². The summed E-state index contributed by atoms with van der Waals surface area (Å²) in [4.78, 5) is 24.3. The second-order valence-electron chi connectivity index (χ2n) is 6.43. The van der Waals surface area contributed by atoms with Gasteiger partial charge in [-0.2, -0.15) is 0 Å². The number of rotatable bonds is 4. The average molecular weight is 431 g/mol. The molecule has 9 heteroatoms. The third-order valence-electron chi connectivity index (χ3n) is 4.51. The molecule has 152 valence electrons. The lowest BCUT2D eigenvalue weighted by Crippen LogP contribution is -2.13. The molecule has 0 unspecified atom stereocenters. The van der Waals surface area contributed by atoms with Crippen LogP contribution in [0.25, 0.3) is 21.4 Å². The van der Waals surface area contributed by atoms with E-state index in [0.29, 0.717) is 0 Å². The number of aryl methyl sites for hydroxylation is 1. The summed E-state index contributed by atoms with van der Waals surface area (Å²) in [5.74, 6) is -5.30. The van der Waals surface area contributed by atoms with Crippen molar-refractivity contribution in [3.63, 3.8) is 0 Å². The topological polar surface area (TPSA) is 79.5 Å². The zero-order valence-electron chi connectivity index (χ0n) is 15.3. The van der Waals surface area contributed by atoms with Crippen molar-refractivity contribution < 1.29 is 32.3 Å². The minimum Gasteiger partial charge on any atom is -0.478 e. The Bertz CT molecular complexity index is 1330. The van der Waals surface area contributed by atoms with Crippen LogP contribution in [0.1, 0.15) is 26.5 Å². The number of anilines is 1. The van der Waals surface area contributed by atoms with Crippen molar-refractivity contribution >= 4 is 39.9 Å². The fourth-order valence-corrected chi connectivity index (χ4v) is 4.02. The number of carbonyl (C=O) groups excluding carboxylic acids is 1. The highest BCUT2D eigenvalue weighted by molar-refractivity contribution is 7.14. The number of carboxylic acid groups (broad SMARTS) is 1. The molecule has 1 amide bonds. The van der Waals surface area contributed by atoms with Gasteiger partial charge in [0.15, 0.2) is 17.4 Å². The Kier molecular flexibility index (Phi) is 4.83. The third kappa shape index (κ3) is 3.22. The predicted octanol–water partition coefficient (Wildman–Crippen LogP) is 5.84. The number of hydrogen-bond donors (Lipinski definition) is 2. The second-order valence-corrected chi connectivity index (χ2v) is 7.31. The number of amides is 1. The van der Waals surface area contributed by atoms with E-state index in [1.165, 1.54) is 48.7 Å². The van der Waals surface area contributed by atoms with Crippen molar-refractivity contribution in [2.24, 2.45) is 0 Å². The minimum absolute atomic E-state index is 0.0511. The Balaban J connectivity index is 1.73. The molecule has 0 radical (unpaired) electrons. The second kappa shape index (κ2) is 7.34. The maximum absolute atomic E-state index is 14.4. The zero-order valence-corrected chi connectivity index (χ0v) is 16.1. The molecule has 0 aliphatic carbocycles. The zero-order chi connectivity index (χ0) is 21.6. The first-order chi connectivity index (χ1) is 14.3. The van der Waals surface area contributed by atoms with Crippen molar-refractivity contribution in [3.05, 3.63) is 76.1 Å². The van der Waals surface area contributed by atoms with Gasteiger partial charge >= 0.3 is 5.97 Å². The van der Waals surface area contributed by atoms with Crippen molar-refractivity contribution in [2.75, 3.05) is 5.32 Å². The van der Waals surface area contributed by atoms with Crippen molar-refractivity contribution in [1.82, 2.24) is 0 Å². The summed E-state index contributed by atoms with van der Waals surface area (Å²) >= 11 is 0.838. The minimum atomic E-state index is -1.43. The van der Waals surface area contributed by atoms with Crippen LogP contribution in [0.5, 0.6) is 0 Å². The number of aromatic carboxylic acids is 1. The summed E-state index contributed by atoms with van der Waals surface area (Å²) in [7, 11) is 0. The van der Waals surface area contributed by atoms with Crippen LogP contribution in [0.2, 0.25) is 0 Å². The summed E-state index contributed by atoms with van der Waals surface area (Å²) in [6.07, 6.45) is 0. The average Bonchev–Trinajstić information content (AvgIpc) is 3.31. The normalized spacial score (nSPS) is 11.1. The van der Waals surface area contributed by atoms with Crippen molar-refractivity contribution in [1.29, 1.82) is 0 Å². The van der Waals surface area contributed by atoms with Gasteiger partial charge < -0.3 is 14.8 Å². The standard InChI is InChI=1S/C21H12F3NO4S/c1-9-5-6-10(18(24)17(9)23)19-16(21(27)28)13(8-30-19)25-20(26)15-7-11-12(22)3-2-4-14(11)29-15/h2-8H,1H3,(H,25,26)(H,27,28). The van der Waals surface area contributed by atoms with Gasteiger partial charge in [-0.3, -0.25) is 4.79 Å². The smallest absolute Gasteiger partial charge is 0.339 e. The highest BCUT2D eigenvalue weighted by atomic mass is 32.1. The van der Waals surface area contributed by atoms with Crippen LogP contribution in [-0.4, -0.2) is 17.0 Å². The fraction of sp³-hybridized carbons (Fsp3) is 0.0476. The van der Waals surface area contributed by atoms with E-state index in [9.17, 15) is 27.9 Å². The molecule has 2 aromatic carbocycles. The Morgan fingerprint density at radius 1 is 1.10 bits per heavy atom. The van der Waals surface area contributed by atoms with Gasteiger partial charge in [0, 0.05) is 17.0 Å². The largest absolute Gasteiger partial charge is 0.478 e. The predicted molar refractivity (Wildman–Crippen MR) is 105 cm³/mol. The van der Waals surface area contributed by atoms with Crippen LogP contribution >= 0.6 is 11.3 Å². The molecule has 30 heavy (non-hydrogen) atoms. The molecule has 0 fully saturated rings. The van der Waals surface area contributed by atoms with Crippen LogP contribution in [0, 0.1) is 24.4 Å². The molecule has 2 N–H and O–H groups in total. The molecule has 0 spiro atoms. The van der Waals surface area contributed by atoms with E-state index in [2.05, 4.69) is 5.32 Å². The lowest BCUT2D eigenvalue weighted by molar-refractivity contribution is 0.0699. The van der Waals surface area contributed by atoms with Gasteiger partial charge in [0.25, 0.3) is 5.91 Å². The molecule has 4 rings (SSSR count). The number of carboxylic acids is 1. The van der Waals surface area contributed by atoms with Gasteiger partial charge in [-0.15, -0.1) is 11.3 Å². The van der Waals surface area contributed by atoms with Gasteiger partial charge in [0.05, 0.1) is 16.0 Å². The van der Waals surface area contributed by atoms with Crippen LogP contribution in [0.3, 0.4) is 0 Å². The van der Waals surface area contributed by atoms with Gasteiger partial charge in [0.1, 0.15) is 17.0 Å². The molecule has 0 saturated heterocycles. The SMILES string of the molecule is Cc1ccc(-c2scc(NC(=O)c3cc4c(F)cccc4o3)c2C(=O)O)c(F)c1F. The number of hydrogen-bond acceptors (Lipinski definition) is 4. The Morgan fingerprint density at radius 2 is 1.87 bits per heavy atom. The van der Waals surface area contributed by atoms with E-state index in [1.807, 2.05) is 0 Å². The summed E-state index contributed by atoms with van der Waals surface area (Å²) < 4.78 is 47.5. The summed E-state index contributed by atoms with van der Waals surface area (Å²) in [6.45, 7) is 1.39. The van der Waals surface area contributed by atoms with E-state index in [0.717, 1.165) is 11.3 Å². The summed E-state index contributed by atoms with van der Waals surface area (Å²) in [5.41, 5.74) is -0.504. The number of fused-ring (bicyclic) bond motifs is 1. The van der Waals surface area contributed by atoms with E-state index >= 15 is 0 Å². The Hall–Kier alpha value is -3.59. The van der Waals surface area contributed by atoms with Crippen LogP contribution in [0.4, 0.5) is 18.9 Å². The van der Waals surface area contributed by atoms with E-state index in [-0.39, 0.29) is 38.4 Å². The molecule has 2 aromatic heterocycles. The van der Waals surface area contributed by atoms with Gasteiger partial charge in [-0.05, 0) is 24.6 Å². The number of benzene rings is 2. The molecule has 4 aromatic rings. The van der Waals surface area contributed by atoms with Crippen LogP contribution < -0.4 is 5.32 Å². The van der Waals surface area contributed by atoms with Crippen molar-refractivity contribution in [2.45, 2.75) is 6.92 Å². The lowest BCUT2D eigenvalue weighted by Gasteiger charge is -2.07. The summed E-state index contributed by atoms with van der Waals surface area (Å²) in [6, 6.07) is 7.92. The highest BCUT2D eigenvalue weighted by Gasteiger charge is 2.25. The number of carbonyl (C=O) groups is 2. The van der Waals surface area contributed by atoms with Gasteiger partial charge in [0.2, 0.25) is 0 Å². The maximum Gasteiger partial charge on any atom is 0.339 e. The molecule has 0 atom stereocenters. The highest BCUT2D eigenvalue weighted by Crippen LogP contribution is 2.38. The third-order valence-corrected chi connectivity index (χ3v) is 5.52. The number of halogens is 3. The first-order valence-corrected chi connectivity index (χ1v) is 9.45.